The number of ether oxygens (including phenoxy) is 1. The first-order valence-electron chi connectivity index (χ1n) is 4.68. The van der Waals surface area contributed by atoms with Crippen LogP contribution < -0.4 is 0 Å². The molecule has 0 fully saturated rings. The third-order valence-corrected chi connectivity index (χ3v) is 1.91. The van der Waals surface area contributed by atoms with Crippen LogP contribution in [0.4, 0.5) is 19.0 Å². The summed E-state index contributed by atoms with van der Waals surface area (Å²) < 4.78 is 42.7. The topological polar surface area (TPSA) is 82.3 Å². The Kier molecular flexibility index (Phi) is 4.18. The van der Waals surface area contributed by atoms with Crippen molar-refractivity contribution in [3.05, 3.63) is 33.3 Å². The number of rotatable bonds is 4. The lowest BCUT2D eigenvalue weighted by molar-refractivity contribution is -0.390. The second-order valence-corrected chi connectivity index (χ2v) is 3.00. The van der Waals surface area contributed by atoms with Crippen LogP contribution in [0.15, 0.2) is 6.20 Å². The molecule has 0 unspecified atom stereocenters. The summed E-state index contributed by atoms with van der Waals surface area (Å²) in [5.41, 5.74) is -2.39. The summed E-state index contributed by atoms with van der Waals surface area (Å²) in [6.45, 7) is 1.19. The molecule has 0 aromatic carbocycles. The Bertz CT molecular complexity index is 493. The fraction of sp³-hybridized carbons (Fsp3) is 0.333. The molecule has 0 N–H and O–H groups in total. The molecule has 0 aliphatic carbocycles. The zero-order chi connectivity index (χ0) is 13.9. The normalized spacial score (nSPS) is 10.5. The van der Waals surface area contributed by atoms with Crippen molar-refractivity contribution >= 4 is 11.8 Å². The van der Waals surface area contributed by atoms with Crippen molar-refractivity contribution in [3.8, 4) is 0 Å². The fourth-order valence-electron chi connectivity index (χ4n) is 1.17. The molecule has 18 heavy (non-hydrogen) atoms. The monoisotopic (exact) mass is 264 g/mol. The maximum absolute atomic E-state index is 13.6. The summed E-state index contributed by atoms with van der Waals surface area (Å²) in [6, 6.07) is 0. The van der Waals surface area contributed by atoms with Gasteiger partial charge in [0.1, 0.15) is 0 Å². The van der Waals surface area contributed by atoms with Gasteiger partial charge in [0.05, 0.1) is 12.2 Å². The quantitative estimate of drug-likeness (QED) is 0.473. The van der Waals surface area contributed by atoms with E-state index in [-0.39, 0.29) is 6.61 Å². The van der Waals surface area contributed by atoms with E-state index >= 15 is 0 Å². The number of halogens is 3. The number of nitrogens with zero attached hydrogens (tertiary/aromatic N) is 2. The molecule has 6 nitrogen and oxygen atoms in total. The molecular formula is C9H7F3N2O4. The Morgan fingerprint density at radius 3 is 2.67 bits per heavy atom. The maximum Gasteiger partial charge on any atom is 0.381 e. The van der Waals surface area contributed by atoms with Gasteiger partial charge in [0, 0.05) is 0 Å². The second-order valence-electron chi connectivity index (χ2n) is 3.00. The van der Waals surface area contributed by atoms with E-state index in [0.717, 1.165) is 0 Å². The van der Waals surface area contributed by atoms with Crippen molar-refractivity contribution in [2.45, 2.75) is 13.3 Å². The van der Waals surface area contributed by atoms with Crippen molar-refractivity contribution in [3.63, 3.8) is 0 Å². The SMILES string of the molecule is CCOC(=O)c1c([N+](=O)[O-])ncc(C(F)F)c1F. The summed E-state index contributed by atoms with van der Waals surface area (Å²) in [5.74, 6) is -4.25. The molecule has 0 aliphatic heterocycles. The third kappa shape index (κ3) is 2.55. The number of hydrogen-bond acceptors (Lipinski definition) is 5. The lowest BCUT2D eigenvalue weighted by Crippen LogP contribution is -2.14. The van der Waals surface area contributed by atoms with Gasteiger partial charge in [-0.05, 0) is 16.8 Å². The minimum atomic E-state index is -3.24. The van der Waals surface area contributed by atoms with E-state index in [0.29, 0.717) is 6.20 Å². The molecule has 0 aliphatic rings. The Hall–Kier alpha value is -2.19. The van der Waals surface area contributed by atoms with Gasteiger partial charge in [0.2, 0.25) is 0 Å². The maximum atomic E-state index is 13.6. The Balaban J connectivity index is 3.45. The van der Waals surface area contributed by atoms with Crippen LogP contribution in [0.1, 0.15) is 29.3 Å². The molecule has 0 amide bonds. The van der Waals surface area contributed by atoms with Crippen LogP contribution in [0.5, 0.6) is 0 Å². The lowest BCUT2D eigenvalue weighted by atomic mass is 10.1. The smallest absolute Gasteiger partial charge is 0.381 e. The van der Waals surface area contributed by atoms with Gasteiger partial charge in [-0.3, -0.25) is 0 Å². The summed E-state index contributed by atoms with van der Waals surface area (Å²) in [5, 5.41) is 10.5. The molecule has 9 heteroatoms. The highest BCUT2D eigenvalue weighted by molar-refractivity contribution is 5.93. The minimum Gasteiger partial charge on any atom is -0.462 e. The molecule has 0 radical (unpaired) electrons. The molecule has 1 aromatic heterocycles. The second kappa shape index (κ2) is 5.43. The van der Waals surface area contributed by atoms with E-state index in [1.54, 1.807) is 0 Å². The molecule has 1 aromatic rings. The zero-order valence-electron chi connectivity index (χ0n) is 9.02. The van der Waals surface area contributed by atoms with Gasteiger partial charge >= 0.3 is 11.8 Å². The number of esters is 1. The van der Waals surface area contributed by atoms with Crippen LogP contribution in [0, 0.1) is 15.9 Å². The standard InChI is InChI=1S/C9H7F3N2O4/c1-2-18-9(15)5-6(10)4(7(11)12)3-13-8(5)14(16)17/h3,7H,2H2,1H3. The Morgan fingerprint density at radius 1 is 1.61 bits per heavy atom. The highest BCUT2D eigenvalue weighted by Crippen LogP contribution is 2.28. The average Bonchev–Trinajstić information content (AvgIpc) is 2.27. The van der Waals surface area contributed by atoms with E-state index in [9.17, 15) is 28.1 Å². The van der Waals surface area contributed by atoms with Crippen LogP contribution in [0.25, 0.3) is 0 Å². The largest absolute Gasteiger partial charge is 0.462 e. The number of alkyl halides is 2. The van der Waals surface area contributed by atoms with Crippen LogP contribution in [0.2, 0.25) is 0 Å². The molecule has 0 saturated carbocycles. The Labute approximate surface area is 98.5 Å². The average molecular weight is 264 g/mol. The predicted molar refractivity (Wildman–Crippen MR) is 51.8 cm³/mol. The number of aromatic nitrogens is 1. The van der Waals surface area contributed by atoms with Gasteiger partial charge in [0.25, 0.3) is 6.43 Å². The third-order valence-electron chi connectivity index (χ3n) is 1.91. The van der Waals surface area contributed by atoms with E-state index in [1.165, 1.54) is 6.92 Å². The molecule has 0 saturated heterocycles. The summed E-state index contributed by atoms with van der Waals surface area (Å²) in [4.78, 5) is 23.8. The minimum absolute atomic E-state index is 0.186. The first-order chi connectivity index (χ1) is 8.40. The number of carbonyl (C=O) groups excluding carboxylic acids is 1. The van der Waals surface area contributed by atoms with E-state index in [1.807, 2.05) is 0 Å². The molecule has 1 rings (SSSR count). The van der Waals surface area contributed by atoms with Crippen molar-refractivity contribution in [1.82, 2.24) is 4.98 Å². The summed E-state index contributed by atoms with van der Waals surface area (Å²) >= 11 is 0. The first-order valence-corrected chi connectivity index (χ1v) is 4.68. The molecule has 0 atom stereocenters. The summed E-state index contributed by atoms with van der Waals surface area (Å²) in [6.07, 6.45) is -2.92. The molecule has 1 heterocycles. The molecule has 0 bridgehead atoms. The van der Waals surface area contributed by atoms with Gasteiger partial charge in [-0.1, -0.05) is 0 Å². The van der Waals surface area contributed by atoms with E-state index < -0.39 is 40.1 Å². The fourth-order valence-corrected chi connectivity index (χ4v) is 1.17. The summed E-state index contributed by atoms with van der Waals surface area (Å²) in [7, 11) is 0. The van der Waals surface area contributed by atoms with Gasteiger partial charge in [-0.15, -0.1) is 0 Å². The Morgan fingerprint density at radius 2 is 2.22 bits per heavy atom. The molecular weight excluding hydrogens is 257 g/mol. The van der Waals surface area contributed by atoms with E-state index in [4.69, 9.17) is 0 Å². The van der Waals surface area contributed by atoms with Crippen LogP contribution in [0.3, 0.4) is 0 Å². The van der Waals surface area contributed by atoms with Crippen LogP contribution in [-0.2, 0) is 4.74 Å². The van der Waals surface area contributed by atoms with Gasteiger partial charge in [-0.2, -0.15) is 0 Å². The molecule has 0 spiro atoms. The highest BCUT2D eigenvalue weighted by Gasteiger charge is 2.32. The number of pyridine rings is 1. The number of carbonyl (C=O) groups is 1. The molecule has 98 valence electrons. The van der Waals surface area contributed by atoms with Crippen molar-refractivity contribution < 1.29 is 27.6 Å². The van der Waals surface area contributed by atoms with Crippen LogP contribution in [-0.4, -0.2) is 22.5 Å². The van der Waals surface area contributed by atoms with E-state index in [2.05, 4.69) is 9.72 Å². The predicted octanol–water partition coefficient (Wildman–Crippen LogP) is 2.24. The van der Waals surface area contributed by atoms with Gasteiger partial charge in [-0.25, -0.2) is 18.0 Å². The number of hydrogen-bond donors (Lipinski definition) is 0. The number of nitro groups is 1. The van der Waals surface area contributed by atoms with Crippen molar-refractivity contribution in [1.29, 1.82) is 0 Å². The highest BCUT2D eigenvalue weighted by atomic mass is 19.3. The first kappa shape index (κ1) is 13.9. The van der Waals surface area contributed by atoms with Crippen LogP contribution >= 0.6 is 0 Å². The van der Waals surface area contributed by atoms with Gasteiger partial charge in [0.15, 0.2) is 17.6 Å². The van der Waals surface area contributed by atoms with Crippen molar-refractivity contribution in [2.24, 2.45) is 0 Å². The lowest BCUT2D eigenvalue weighted by Gasteiger charge is -2.06. The zero-order valence-corrected chi connectivity index (χ0v) is 9.02. The van der Waals surface area contributed by atoms with Gasteiger partial charge < -0.3 is 14.9 Å². The van der Waals surface area contributed by atoms with Crippen molar-refractivity contribution in [2.75, 3.05) is 6.61 Å².